The van der Waals surface area contributed by atoms with E-state index in [-0.39, 0.29) is 24.8 Å². The highest BCUT2D eigenvalue weighted by Gasteiger charge is 2.36. The van der Waals surface area contributed by atoms with Gasteiger partial charge in [0.05, 0.1) is 31.0 Å². The predicted molar refractivity (Wildman–Crippen MR) is 139 cm³/mol. The lowest BCUT2D eigenvalue weighted by Gasteiger charge is -2.27. The molecule has 0 fully saturated rings. The zero-order valence-electron chi connectivity index (χ0n) is 20.6. The Labute approximate surface area is 210 Å². The van der Waals surface area contributed by atoms with Gasteiger partial charge in [-0.15, -0.1) is 0 Å². The van der Waals surface area contributed by atoms with Crippen LogP contribution in [0.3, 0.4) is 0 Å². The SMILES string of the molecule is CC(C)(C)C(=O)CN1C(=O)C(NC(=O)OCc2ccccc2)=NC(C2=NCCN=C2)c2ccccc21. The van der Waals surface area contributed by atoms with Crippen LogP contribution in [0.4, 0.5) is 10.5 Å². The molecule has 2 aromatic carbocycles. The molecule has 0 saturated carbocycles. The van der Waals surface area contributed by atoms with E-state index < -0.39 is 23.5 Å². The first-order valence-corrected chi connectivity index (χ1v) is 11.8. The minimum Gasteiger partial charge on any atom is -0.444 e. The number of aliphatic imine (C=N–C) groups is 3. The van der Waals surface area contributed by atoms with E-state index in [1.807, 2.05) is 42.5 Å². The summed E-state index contributed by atoms with van der Waals surface area (Å²) in [6.07, 6.45) is 0.817. The average molecular weight is 488 g/mol. The van der Waals surface area contributed by atoms with Crippen LogP contribution in [0.1, 0.15) is 37.9 Å². The molecule has 1 atom stereocenters. The molecule has 2 amide bonds. The fourth-order valence-electron chi connectivity index (χ4n) is 3.75. The van der Waals surface area contributed by atoms with E-state index in [1.165, 1.54) is 4.90 Å². The summed E-state index contributed by atoms with van der Waals surface area (Å²) >= 11 is 0. The number of nitrogens with zero attached hydrogens (tertiary/aromatic N) is 4. The molecule has 36 heavy (non-hydrogen) atoms. The molecular formula is C27H29N5O4. The van der Waals surface area contributed by atoms with E-state index in [4.69, 9.17) is 4.74 Å². The molecule has 0 aliphatic carbocycles. The van der Waals surface area contributed by atoms with E-state index in [9.17, 15) is 14.4 Å². The van der Waals surface area contributed by atoms with Gasteiger partial charge in [-0.05, 0) is 11.6 Å². The zero-order valence-corrected chi connectivity index (χ0v) is 20.6. The molecule has 1 N–H and O–H groups in total. The molecule has 0 bridgehead atoms. The van der Waals surface area contributed by atoms with Crippen LogP contribution >= 0.6 is 0 Å². The number of fused-ring (bicyclic) bond motifs is 1. The number of anilines is 1. The Bertz CT molecular complexity index is 1240. The van der Waals surface area contributed by atoms with Crippen molar-refractivity contribution < 1.29 is 19.1 Å². The van der Waals surface area contributed by atoms with Gasteiger partial charge < -0.3 is 4.74 Å². The number of Topliss-reactive ketones (excluding diaryl/α,β-unsaturated/α-hetero) is 1. The quantitative estimate of drug-likeness (QED) is 0.695. The number of hydrogen-bond acceptors (Lipinski definition) is 7. The molecular weight excluding hydrogens is 458 g/mol. The highest BCUT2D eigenvalue weighted by atomic mass is 16.5. The normalized spacial score (nSPS) is 17.5. The number of amidine groups is 1. The largest absolute Gasteiger partial charge is 0.444 e. The van der Waals surface area contributed by atoms with Gasteiger partial charge in [-0.3, -0.25) is 29.8 Å². The lowest BCUT2D eigenvalue weighted by atomic mass is 9.90. The maximum atomic E-state index is 13.7. The number of ether oxygens (including phenoxy) is 1. The molecule has 9 nitrogen and oxygen atoms in total. The van der Waals surface area contributed by atoms with Crippen LogP contribution in [0.25, 0.3) is 0 Å². The monoisotopic (exact) mass is 487 g/mol. The Hall–Kier alpha value is -4.14. The van der Waals surface area contributed by atoms with Crippen LogP contribution in [0.5, 0.6) is 0 Å². The lowest BCUT2D eigenvalue weighted by molar-refractivity contribution is -0.126. The van der Waals surface area contributed by atoms with Crippen molar-refractivity contribution in [2.75, 3.05) is 24.5 Å². The molecule has 2 aliphatic rings. The minimum absolute atomic E-state index is 0.0311. The van der Waals surface area contributed by atoms with Crippen molar-refractivity contribution in [2.24, 2.45) is 20.4 Å². The molecule has 0 spiro atoms. The smallest absolute Gasteiger partial charge is 0.413 e. The Balaban J connectivity index is 1.69. The summed E-state index contributed by atoms with van der Waals surface area (Å²) in [6, 6.07) is 15.8. The Morgan fingerprint density at radius 2 is 1.78 bits per heavy atom. The van der Waals surface area contributed by atoms with Gasteiger partial charge in [0.25, 0.3) is 5.91 Å². The fraction of sp³-hybridized carbons (Fsp3) is 0.333. The Kier molecular flexibility index (Phi) is 7.38. The van der Waals surface area contributed by atoms with E-state index in [0.29, 0.717) is 30.1 Å². The van der Waals surface area contributed by atoms with E-state index in [1.54, 1.807) is 39.1 Å². The van der Waals surface area contributed by atoms with E-state index in [0.717, 1.165) is 5.56 Å². The van der Waals surface area contributed by atoms with E-state index >= 15 is 0 Å². The standard InChI is InChI=1S/C27H29N5O4/c1-27(2,3)22(33)16-32-21-12-8-7-11-19(21)23(20-15-28-13-14-29-20)30-24(25(32)34)31-26(35)36-17-18-9-5-4-6-10-18/h4-12,15,23H,13-14,16-17H2,1-3H3,(H,30,31,35). The number of rotatable bonds is 5. The second-order valence-electron chi connectivity index (χ2n) is 9.53. The first kappa shape index (κ1) is 25.0. The number of amides is 2. The number of benzene rings is 2. The van der Waals surface area contributed by atoms with Crippen LogP contribution in [-0.4, -0.2) is 55.2 Å². The van der Waals surface area contributed by atoms with Crippen LogP contribution in [0.2, 0.25) is 0 Å². The molecule has 1 unspecified atom stereocenters. The summed E-state index contributed by atoms with van der Waals surface area (Å²) in [6.45, 7) is 6.33. The van der Waals surface area contributed by atoms with Crippen LogP contribution in [-0.2, 0) is 20.9 Å². The van der Waals surface area contributed by atoms with Crippen molar-refractivity contribution in [2.45, 2.75) is 33.4 Å². The number of para-hydroxylation sites is 1. The molecule has 2 aliphatic heterocycles. The third-order valence-electron chi connectivity index (χ3n) is 5.83. The lowest BCUT2D eigenvalue weighted by Crippen LogP contribution is -2.48. The number of carbonyl (C=O) groups is 3. The van der Waals surface area contributed by atoms with Crippen LogP contribution in [0, 0.1) is 5.41 Å². The second kappa shape index (κ2) is 10.6. The summed E-state index contributed by atoms with van der Waals surface area (Å²) in [5, 5.41) is 2.51. The topological polar surface area (TPSA) is 113 Å². The van der Waals surface area contributed by atoms with Crippen molar-refractivity contribution in [1.82, 2.24) is 5.32 Å². The fourth-order valence-corrected chi connectivity index (χ4v) is 3.75. The van der Waals surface area contributed by atoms with Crippen LogP contribution < -0.4 is 10.2 Å². The van der Waals surface area contributed by atoms with Crippen molar-refractivity contribution in [1.29, 1.82) is 0 Å². The highest BCUT2D eigenvalue weighted by molar-refractivity contribution is 6.46. The summed E-state index contributed by atoms with van der Waals surface area (Å²) in [7, 11) is 0. The Morgan fingerprint density at radius 1 is 1.06 bits per heavy atom. The number of ketones is 1. The van der Waals surface area contributed by atoms with Gasteiger partial charge in [-0.25, -0.2) is 9.79 Å². The van der Waals surface area contributed by atoms with Crippen molar-refractivity contribution >= 4 is 41.2 Å². The third kappa shape index (κ3) is 5.73. The first-order chi connectivity index (χ1) is 17.2. The second-order valence-corrected chi connectivity index (χ2v) is 9.53. The summed E-state index contributed by atoms with van der Waals surface area (Å²) < 4.78 is 5.32. The van der Waals surface area contributed by atoms with Gasteiger partial charge in [0, 0.05) is 17.2 Å². The minimum atomic E-state index is -0.822. The summed E-state index contributed by atoms with van der Waals surface area (Å²) in [5.41, 5.74) is 1.93. The summed E-state index contributed by atoms with van der Waals surface area (Å²) in [5.74, 6) is -0.961. The number of nitrogens with one attached hydrogen (secondary N) is 1. The van der Waals surface area contributed by atoms with Gasteiger partial charge in [-0.2, -0.15) is 0 Å². The van der Waals surface area contributed by atoms with Crippen molar-refractivity contribution in [3.8, 4) is 0 Å². The highest BCUT2D eigenvalue weighted by Crippen LogP contribution is 2.33. The van der Waals surface area contributed by atoms with Crippen molar-refractivity contribution in [3.63, 3.8) is 0 Å². The Morgan fingerprint density at radius 3 is 2.47 bits per heavy atom. The number of alkyl carbamates (subject to hydrolysis) is 1. The van der Waals surface area contributed by atoms with E-state index in [2.05, 4.69) is 20.3 Å². The first-order valence-electron chi connectivity index (χ1n) is 11.8. The maximum absolute atomic E-state index is 13.7. The number of hydrogen-bond donors (Lipinski definition) is 1. The van der Waals surface area contributed by atoms with Crippen molar-refractivity contribution in [3.05, 3.63) is 65.7 Å². The molecule has 0 radical (unpaired) electrons. The number of carbonyl (C=O) groups excluding carboxylic acids is 3. The molecule has 0 aromatic heterocycles. The zero-order chi connectivity index (χ0) is 25.7. The molecule has 9 heteroatoms. The maximum Gasteiger partial charge on any atom is 0.413 e. The average Bonchev–Trinajstić information content (AvgIpc) is 2.99. The molecule has 4 rings (SSSR count). The van der Waals surface area contributed by atoms with Gasteiger partial charge in [-0.1, -0.05) is 69.3 Å². The summed E-state index contributed by atoms with van der Waals surface area (Å²) in [4.78, 5) is 54.2. The predicted octanol–water partition coefficient (Wildman–Crippen LogP) is 3.54. The molecule has 2 heterocycles. The molecule has 186 valence electrons. The van der Waals surface area contributed by atoms with Gasteiger partial charge in [0.15, 0.2) is 11.6 Å². The van der Waals surface area contributed by atoms with Gasteiger partial charge >= 0.3 is 6.09 Å². The van der Waals surface area contributed by atoms with Gasteiger partial charge in [0.2, 0.25) is 0 Å². The van der Waals surface area contributed by atoms with Gasteiger partial charge in [0.1, 0.15) is 12.6 Å². The molecule has 0 saturated heterocycles. The third-order valence-corrected chi connectivity index (χ3v) is 5.83. The van der Waals surface area contributed by atoms with Crippen LogP contribution in [0.15, 0.2) is 69.6 Å². The molecule has 2 aromatic rings.